The molecule has 2 aromatic heterocycles. The zero-order valence-electron chi connectivity index (χ0n) is 24.2. The Bertz CT molecular complexity index is 1680. The summed E-state index contributed by atoms with van der Waals surface area (Å²) in [7, 11) is 1.59. The zero-order chi connectivity index (χ0) is 29.6. The van der Waals surface area contributed by atoms with Crippen molar-refractivity contribution in [3.8, 4) is 28.5 Å². The number of nitrogens with zero attached hydrogens (tertiary/aromatic N) is 5. The fraction of sp³-hybridized carbons (Fsp3) is 0.257. The molecule has 43 heavy (non-hydrogen) atoms. The Hall–Kier alpha value is -4.49. The Labute approximate surface area is 257 Å². The van der Waals surface area contributed by atoms with Crippen LogP contribution < -0.4 is 4.74 Å². The third kappa shape index (κ3) is 6.47. The van der Waals surface area contributed by atoms with E-state index in [-0.39, 0.29) is 11.9 Å². The summed E-state index contributed by atoms with van der Waals surface area (Å²) in [6, 6.07) is 27.9. The van der Waals surface area contributed by atoms with E-state index >= 15 is 0 Å². The van der Waals surface area contributed by atoms with Crippen LogP contribution in [0, 0.1) is 0 Å². The molecule has 6 rings (SSSR count). The minimum absolute atomic E-state index is 0.0712. The molecule has 0 radical (unpaired) electrons. The molecule has 0 bridgehead atoms. The summed E-state index contributed by atoms with van der Waals surface area (Å²) in [5, 5.41) is 5.40. The molecule has 3 aromatic carbocycles. The minimum atomic E-state index is 0.0712. The second-order valence-corrected chi connectivity index (χ2v) is 11.2. The van der Waals surface area contributed by atoms with Gasteiger partial charge in [0.15, 0.2) is 11.6 Å². The van der Waals surface area contributed by atoms with Crippen LogP contribution in [0.4, 0.5) is 0 Å². The minimum Gasteiger partial charge on any atom is -0.495 e. The van der Waals surface area contributed by atoms with Crippen LogP contribution in [0.25, 0.3) is 22.8 Å². The van der Waals surface area contributed by atoms with Crippen LogP contribution in [0.5, 0.6) is 5.75 Å². The zero-order valence-corrected chi connectivity index (χ0v) is 25.0. The van der Waals surface area contributed by atoms with Crippen LogP contribution in [0.15, 0.2) is 97.3 Å². The second kappa shape index (κ2) is 13.2. The number of carbonyl (C=O) groups is 1. The maximum absolute atomic E-state index is 14.3. The van der Waals surface area contributed by atoms with E-state index in [1.165, 1.54) is 5.56 Å². The van der Waals surface area contributed by atoms with E-state index in [4.69, 9.17) is 26.4 Å². The van der Waals surface area contributed by atoms with Crippen molar-refractivity contribution < 1.29 is 9.53 Å². The lowest BCUT2D eigenvalue weighted by atomic mass is 9.98. The van der Waals surface area contributed by atoms with Crippen LogP contribution in [-0.4, -0.2) is 50.3 Å². The molecule has 1 aliphatic carbocycles. The van der Waals surface area contributed by atoms with E-state index < -0.39 is 0 Å². The van der Waals surface area contributed by atoms with Gasteiger partial charge in [-0.05, 0) is 66.8 Å². The summed E-state index contributed by atoms with van der Waals surface area (Å²) in [4.78, 5) is 25.4. The quantitative estimate of drug-likeness (QED) is 0.170. The molecular weight excluding hydrogens is 558 g/mol. The summed E-state index contributed by atoms with van der Waals surface area (Å²) < 4.78 is 7.25. The van der Waals surface area contributed by atoms with Gasteiger partial charge in [0.2, 0.25) is 0 Å². The molecular formula is C35H34ClN5O2. The fourth-order valence-electron chi connectivity index (χ4n) is 5.86. The van der Waals surface area contributed by atoms with Crippen LogP contribution in [0.1, 0.15) is 47.2 Å². The van der Waals surface area contributed by atoms with E-state index in [1.54, 1.807) is 19.5 Å². The molecule has 0 atom stereocenters. The summed E-state index contributed by atoms with van der Waals surface area (Å²) in [6.45, 7) is 0.999. The van der Waals surface area contributed by atoms with Crippen molar-refractivity contribution in [1.29, 1.82) is 0 Å². The van der Waals surface area contributed by atoms with Gasteiger partial charge in [-0.1, -0.05) is 73.0 Å². The molecule has 2 heterocycles. The molecule has 1 fully saturated rings. The fourth-order valence-corrected chi connectivity index (χ4v) is 6.12. The first-order valence-corrected chi connectivity index (χ1v) is 15.1. The summed E-state index contributed by atoms with van der Waals surface area (Å²) in [5.74, 6) is 1.94. The number of aromatic nitrogens is 4. The molecule has 8 heteroatoms. The molecule has 5 aromatic rings. The highest BCUT2D eigenvalue weighted by Crippen LogP contribution is 2.31. The summed E-state index contributed by atoms with van der Waals surface area (Å²) in [5.41, 5.74) is 4.68. The van der Waals surface area contributed by atoms with Gasteiger partial charge in [0.05, 0.1) is 18.7 Å². The van der Waals surface area contributed by atoms with Gasteiger partial charge in [-0.25, -0.2) is 9.67 Å². The van der Waals surface area contributed by atoms with Gasteiger partial charge in [0.25, 0.3) is 5.91 Å². The molecule has 0 saturated heterocycles. The largest absolute Gasteiger partial charge is 0.495 e. The molecule has 1 amide bonds. The predicted molar refractivity (Wildman–Crippen MR) is 169 cm³/mol. The first-order chi connectivity index (χ1) is 21.1. The van der Waals surface area contributed by atoms with Crippen molar-refractivity contribution in [2.75, 3.05) is 13.7 Å². The van der Waals surface area contributed by atoms with Crippen molar-refractivity contribution in [3.63, 3.8) is 0 Å². The van der Waals surface area contributed by atoms with Gasteiger partial charge in [-0.2, -0.15) is 5.10 Å². The third-order valence-corrected chi connectivity index (χ3v) is 8.38. The molecule has 1 saturated carbocycles. The summed E-state index contributed by atoms with van der Waals surface area (Å²) >= 11 is 6.51. The van der Waals surface area contributed by atoms with Crippen molar-refractivity contribution in [3.05, 3.63) is 119 Å². The number of hydrogen-bond donors (Lipinski definition) is 0. The predicted octanol–water partition coefficient (Wildman–Crippen LogP) is 7.34. The average Bonchev–Trinajstić information content (AvgIpc) is 3.73. The van der Waals surface area contributed by atoms with Crippen LogP contribution in [0.3, 0.4) is 0 Å². The Morgan fingerprint density at radius 2 is 1.70 bits per heavy atom. The maximum Gasteiger partial charge on any atom is 0.254 e. The highest BCUT2D eigenvalue weighted by Gasteiger charge is 2.29. The van der Waals surface area contributed by atoms with Crippen molar-refractivity contribution >= 4 is 17.5 Å². The smallest absolute Gasteiger partial charge is 0.254 e. The standard InChI is InChI=1S/C35H34ClN5O2/c1-43-32-16-15-28(24-31(32)36)34-38-33(26-17-19-37-20-18-26)39-41(34)22-21-40(29-12-6-7-13-29)35(42)30-14-8-5-11-27(30)23-25-9-3-2-4-10-25/h2-5,8-11,14-20,24,29H,6-7,12-13,21-23H2,1H3. The van der Waals surface area contributed by atoms with Crippen LogP contribution >= 0.6 is 11.6 Å². The highest BCUT2D eigenvalue weighted by atomic mass is 35.5. The lowest BCUT2D eigenvalue weighted by Crippen LogP contribution is -2.41. The van der Waals surface area contributed by atoms with Gasteiger partial charge in [0, 0.05) is 41.7 Å². The Morgan fingerprint density at radius 3 is 2.44 bits per heavy atom. The van der Waals surface area contributed by atoms with E-state index in [1.807, 2.05) is 71.4 Å². The van der Waals surface area contributed by atoms with Crippen molar-refractivity contribution in [2.45, 2.75) is 44.7 Å². The number of halogens is 1. The van der Waals surface area contributed by atoms with E-state index in [0.29, 0.717) is 41.9 Å². The summed E-state index contributed by atoms with van der Waals surface area (Å²) in [6.07, 6.45) is 8.44. The number of amides is 1. The van der Waals surface area contributed by atoms with Gasteiger partial charge in [-0.15, -0.1) is 0 Å². The number of methoxy groups -OCH3 is 1. The van der Waals surface area contributed by atoms with Crippen LogP contribution in [0.2, 0.25) is 5.02 Å². The Balaban J connectivity index is 1.32. The van der Waals surface area contributed by atoms with E-state index in [0.717, 1.165) is 47.9 Å². The SMILES string of the molecule is COc1ccc(-c2nc(-c3ccncc3)nn2CCN(C(=O)c2ccccc2Cc2ccccc2)C2CCCC2)cc1Cl. The van der Waals surface area contributed by atoms with Gasteiger partial charge in [-0.3, -0.25) is 9.78 Å². The Kier molecular flexibility index (Phi) is 8.80. The number of hydrogen-bond acceptors (Lipinski definition) is 5. The molecule has 0 N–H and O–H groups in total. The lowest BCUT2D eigenvalue weighted by Gasteiger charge is -2.30. The molecule has 7 nitrogen and oxygen atoms in total. The molecule has 0 spiro atoms. The highest BCUT2D eigenvalue weighted by molar-refractivity contribution is 6.32. The Morgan fingerprint density at radius 1 is 0.953 bits per heavy atom. The molecule has 1 aliphatic rings. The first kappa shape index (κ1) is 28.6. The van der Waals surface area contributed by atoms with E-state index in [2.05, 4.69) is 28.1 Å². The first-order valence-electron chi connectivity index (χ1n) is 14.7. The topological polar surface area (TPSA) is 73.1 Å². The normalized spacial score (nSPS) is 13.3. The van der Waals surface area contributed by atoms with Crippen molar-refractivity contribution in [1.82, 2.24) is 24.6 Å². The number of pyridine rings is 1. The van der Waals surface area contributed by atoms with E-state index in [9.17, 15) is 4.79 Å². The van der Waals surface area contributed by atoms with Gasteiger partial charge < -0.3 is 9.64 Å². The van der Waals surface area contributed by atoms with Gasteiger partial charge >= 0.3 is 0 Å². The maximum atomic E-state index is 14.3. The monoisotopic (exact) mass is 591 g/mol. The van der Waals surface area contributed by atoms with Crippen LogP contribution in [-0.2, 0) is 13.0 Å². The second-order valence-electron chi connectivity index (χ2n) is 10.8. The number of rotatable bonds is 10. The van der Waals surface area contributed by atoms with Crippen molar-refractivity contribution in [2.24, 2.45) is 0 Å². The molecule has 0 aliphatic heterocycles. The molecule has 0 unspecified atom stereocenters. The number of benzene rings is 3. The van der Waals surface area contributed by atoms with Gasteiger partial charge in [0.1, 0.15) is 5.75 Å². The average molecular weight is 592 g/mol. The third-order valence-electron chi connectivity index (χ3n) is 8.08. The molecule has 218 valence electrons. The lowest BCUT2D eigenvalue weighted by molar-refractivity contribution is 0.0671. The number of ether oxygens (including phenoxy) is 1. The number of carbonyl (C=O) groups excluding carboxylic acids is 1.